The second-order valence-electron chi connectivity index (χ2n) is 5.23. The van der Waals surface area contributed by atoms with Gasteiger partial charge in [0.15, 0.2) is 0 Å². The molecule has 0 aliphatic rings. The van der Waals surface area contributed by atoms with Crippen LogP contribution in [0.5, 0.6) is 5.75 Å². The van der Waals surface area contributed by atoms with Gasteiger partial charge >= 0.3 is 0 Å². The molecule has 0 aliphatic heterocycles. The number of halogens is 2. The molecule has 19 heavy (non-hydrogen) atoms. The highest BCUT2D eigenvalue weighted by Gasteiger charge is 2.15. The van der Waals surface area contributed by atoms with E-state index in [0.717, 1.165) is 40.4 Å². The number of rotatable bonds is 7. The third kappa shape index (κ3) is 6.44. The van der Waals surface area contributed by atoms with E-state index in [0.29, 0.717) is 6.61 Å². The van der Waals surface area contributed by atoms with Crippen LogP contribution >= 0.6 is 31.9 Å². The molecular weight excluding hydrogens is 370 g/mol. The van der Waals surface area contributed by atoms with Crippen molar-refractivity contribution >= 4 is 31.9 Å². The molecule has 0 aromatic heterocycles. The van der Waals surface area contributed by atoms with E-state index in [9.17, 15) is 0 Å². The molecule has 0 bridgehead atoms. The Kier molecular flexibility index (Phi) is 6.88. The minimum Gasteiger partial charge on any atom is -0.492 e. The Morgan fingerprint density at radius 1 is 1.21 bits per heavy atom. The van der Waals surface area contributed by atoms with Crippen LogP contribution in [0.4, 0.5) is 0 Å². The third-order valence-electron chi connectivity index (χ3n) is 2.90. The lowest BCUT2D eigenvalue weighted by Gasteiger charge is -2.14. The van der Waals surface area contributed by atoms with Crippen molar-refractivity contribution in [1.29, 1.82) is 5.26 Å². The summed E-state index contributed by atoms with van der Waals surface area (Å²) in [6.07, 6.45) is 4.13. The molecule has 4 heteroatoms. The van der Waals surface area contributed by atoms with Crippen molar-refractivity contribution < 1.29 is 4.74 Å². The van der Waals surface area contributed by atoms with Crippen LogP contribution in [-0.2, 0) is 0 Å². The van der Waals surface area contributed by atoms with E-state index in [4.69, 9.17) is 10.00 Å². The summed E-state index contributed by atoms with van der Waals surface area (Å²) < 4.78 is 7.72. The predicted molar refractivity (Wildman–Crippen MR) is 85.2 cm³/mol. The van der Waals surface area contributed by atoms with Gasteiger partial charge in [0, 0.05) is 4.47 Å². The van der Waals surface area contributed by atoms with Gasteiger partial charge in [0.2, 0.25) is 0 Å². The van der Waals surface area contributed by atoms with Crippen molar-refractivity contribution in [3.63, 3.8) is 0 Å². The highest BCUT2D eigenvalue weighted by Crippen LogP contribution is 2.28. The summed E-state index contributed by atoms with van der Waals surface area (Å²) in [4.78, 5) is 0. The fourth-order valence-corrected chi connectivity index (χ4v) is 2.37. The first-order chi connectivity index (χ1) is 8.94. The van der Waals surface area contributed by atoms with Gasteiger partial charge in [-0.05, 0) is 60.8 Å². The van der Waals surface area contributed by atoms with Crippen molar-refractivity contribution in [2.24, 2.45) is 5.41 Å². The van der Waals surface area contributed by atoms with E-state index in [1.165, 1.54) is 0 Å². The van der Waals surface area contributed by atoms with Gasteiger partial charge in [0.05, 0.1) is 22.6 Å². The number of nitrogens with zero attached hydrogens (tertiary/aromatic N) is 1. The second kappa shape index (κ2) is 7.91. The Bertz CT molecular complexity index is 452. The highest BCUT2D eigenvalue weighted by molar-refractivity contribution is 9.11. The topological polar surface area (TPSA) is 33.0 Å². The van der Waals surface area contributed by atoms with Crippen LogP contribution in [0.15, 0.2) is 27.1 Å². The smallest absolute Gasteiger partial charge is 0.134 e. The van der Waals surface area contributed by atoms with Crippen molar-refractivity contribution in [3.8, 4) is 11.8 Å². The number of ether oxygens (including phenoxy) is 1. The molecule has 0 atom stereocenters. The van der Waals surface area contributed by atoms with Gasteiger partial charge < -0.3 is 4.74 Å². The van der Waals surface area contributed by atoms with Crippen LogP contribution in [0.1, 0.15) is 39.5 Å². The number of hydrogen-bond acceptors (Lipinski definition) is 2. The zero-order valence-electron chi connectivity index (χ0n) is 11.4. The zero-order valence-corrected chi connectivity index (χ0v) is 14.6. The first kappa shape index (κ1) is 16.5. The normalized spacial score (nSPS) is 11.1. The van der Waals surface area contributed by atoms with Crippen LogP contribution in [0, 0.1) is 16.7 Å². The zero-order chi connectivity index (χ0) is 14.3. The molecule has 0 saturated carbocycles. The minimum absolute atomic E-state index is 0.200. The summed E-state index contributed by atoms with van der Waals surface area (Å²) in [5.41, 5.74) is -0.200. The van der Waals surface area contributed by atoms with E-state index in [-0.39, 0.29) is 5.41 Å². The SMILES string of the molecule is CC(C)(C#N)CCCCCOc1cc(Br)ccc1Br. The molecule has 0 N–H and O–H groups in total. The summed E-state index contributed by atoms with van der Waals surface area (Å²) in [7, 11) is 0. The molecule has 0 heterocycles. The fourth-order valence-electron chi connectivity index (χ4n) is 1.67. The molecule has 0 amide bonds. The fraction of sp³-hybridized carbons (Fsp3) is 0.533. The summed E-state index contributed by atoms with van der Waals surface area (Å²) in [6.45, 7) is 4.69. The Morgan fingerprint density at radius 2 is 1.95 bits per heavy atom. The van der Waals surface area contributed by atoms with Crippen molar-refractivity contribution in [3.05, 3.63) is 27.1 Å². The monoisotopic (exact) mass is 387 g/mol. The van der Waals surface area contributed by atoms with E-state index in [2.05, 4.69) is 37.9 Å². The van der Waals surface area contributed by atoms with Gasteiger partial charge in [-0.15, -0.1) is 0 Å². The lowest BCUT2D eigenvalue weighted by Crippen LogP contribution is -2.07. The molecule has 2 nitrogen and oxygen atoms in total. The average Bonchev–Trinajstić information content (AvgIpc) is 2.37. The Labute approximate surface area is 132 Å². The standard InChI is InChI=1S/C15H19Br2NO/c1-15(2,11-18)8-4-3-5-9-19-14-10-12(16)6-7-13(14)17/h6-7,10H,3-5,8-9H2,1-2H3. The van der Waals surface area contributed by atoms with Gasteiger partial charge in [-0.3, -0.25) is 0 Å². The maximum absolute atomic E-state index is 8.92. The first-order valence-corrected chi connectivity index (χ1v) is 8.02. The number of nitriles is 1. The predicted octanol–water partition coefficient (Wildman–Crippen LogP) is 5.70. The van der Waals surface area contributed by atoms with Gasteiger partial charge in [-0.2, -0.15) is 5.26 Å². The Balaban J connectivity index is 2.21. The molecule has 0 radical (unpaired) electrons. The van der Waals surface area contributed by atoms with E-state index < -0.39 is 0 Å². The van der Waals surface area contributed by atoms with Crippen molar-refractivity contribution in [2.45, 2.75) is 39.5 Å². The van der Waals surface area contributed by atoms with Crippen LogP contribution in [0.3, 0.4) is 0 Å². The molecule has 0 saturated heterocycles. The Hall–Kier alpha value is -0.530. The molecule has 104 valence electrons. The molecule has 0 aliphatic carbocycles. The number of benzene rings is 1. The van der Waals surface area contributed by atoms with Gasteiger partial charge in [0.1, 0.15) is 5.75 Å². The van der Waals surface area contributed by atoms with Crippen LogP contribution in [0.2, 0.25) is 0 Å². The van der Waals surface area contributed by atoms with Crippen LogP contribution in [0.25, 0.3) is 0 Å². The largest absolute Gasteiger partial charge is 0.492 e. The summed E-state index contributed by atoms with van der Waals surface area (Å²) in [6, 6.07) is 8.23. The lowest BCUT2D eigenvalue weighted by atomic mass is 9.89. The molecule has 0 fully saturated rings. The quantitative estimate of drug-likeness (QED) is 0.561. The molecule has 0 spiro atoms. The lowest BCUT2D eigenvalue weighted by molar-refractivity contribution is 0.298. The number of hydrogen-bond donors (Lipinski definition) is 0. The molecule has 1 aromatic rings. The average molecular weight is 389 g/mol. The van der Waals surface area contributed by atoms with Crippen LogP contribution in [-0.4, -0.2) is 6.61 Å². The van der Waals surface area contributed by atoms with Gasteiger partial charge in [-0.25, -0.2) is 0 Å². The minimum atomic E-state index is -0.200. The maximum Gasteiger partial charge on any atom is 0.134 e. The third-order valence-corrected chi connectivity index (χ3v) is 4.05. The Morgan fingerprint density at radius 3 is 2.63 bits per heavy atom. The maximum atomic E-state index is 8.92. The molecular formula is C15H19Br2NO. The van der Waals surface area contributed by atoms with Crippen molar-refractivity contribution in [1.82, 2.24) is 0 Å². The van der Waals surface area contributed by atoms with E-state index in [1.54, 1.807) is 0 Å². The highest BCUT2D eigenvalue weighted by atomic mass is 79.9. The summed E-state index contributed by atoms with van der Waals surface area (Å²) in [5, 5.41) is 8.92. The molecule has 0 unspecified atom stereocenters. The molecule has 1 aromatic carbocycles. The van der Waals surface area contributed by atoms with Crippen LogP contribution < -0.4 is 4.74 Å². The summed E-state index contributed by atoms with van der Waals surface area (Å²) >= 11 is 6.90. The summed E-state index contributed by atoms with van der Waals surface area (Å²) in [5.74, 6) is 0.867. The van der Waals surface area contributed by atoms with E-state index >= 15 is 0 Å². The van der Waals surface area contributed by atoms with Gasteiger partial charge in [0.25, 0.3) is 0 Å². The van der Waals surface area contributed by atoms with Gasteiger partial charge in [-0.1, -0.05) is 28.8 Å². The van der Waals surface area contributed by atoms with Crippen molar-refractivity contribution in [2.75, 3.05) is 6.61 Å². The molecule has 1 rings (SSSR count). The van der Waals surface area contributed by atoms with E-state index in [1.807, 2.05) is 32.0 Å². The number of unbranched alkanes of at least 4 members (excludes halogenated alkanes) is 2. The second-order valence-corrected chi connectivity index (χ2v) is 7.00. The first-order valence-electron chi connectivity index (χ1n) is 6.44.